The van der Waals surface area contributed by atoms with E-state index in [4.69, 9.17) is 4.74 Å². The normalized spacial score (nSPS) is 19.7. The van der Waals surface area contributed by atoms with Crippen LogP contribution in [0.5, 0.6) is 0 Å². The van der Waals surface area contributed by atoms with E-state index in [1.54, 1.807) is 7.11 Å². The van der Waals surface area contributed by atoms with Crippen LogP contribution < -0.4 is 15.5 Å². The molecule has 0 aliphatic carbocycles. The molecule has 2 saturated heterocycles. The maximum Gasteiger partial charge on any atom is 0.252 e. The summed E-state index contributed by atoms with van der Waals surface area (Å²) >= 11 is 0. The van der Waals surface area contributed by atoms with Gasteiger partial charge in [0.25, 0.3) is 5.91 Å². The van der Waals surface area contributed by atoms with Crippen molar-refractivity contribution in [2.75, 3.05) is 57.8 Å². The van der Waals surface area contributed by atoms with Crippen molar-refractivity contribution in [2.45, 2.75) is 31.4 Å². The van der Waals surface area contributed by atoms with Crippen LogP contribution in [0.4, 0.5) is 5.69 Å². The summed E-state index contributed by atoms with van der Waals surface area (Å²) in [4.78, 5) is 17.6. The molecule has 2 heterocycles. The number of ether oxygens (including phenoxy) is 1. The highest BCUT2D eigenvalue weighted by atomic mass is 35.5. The molecular weight excluding hydrogens is 435 g/mol. The summed E-state index contributed by atoms with van der Waals surface area (Å²) in [5.41, 5.74) is 0.637. The van der Waals surface area contributed by atoms with Crippen LogP contribution in [-0.2, 0) is 9.53 Å². The molecule has 1 amide bonds. The topological polar surface area (TPSA) is 56.8 Å². The number of para-hydroxylation sites is 1. The SMILES string of the molecule is COC1(C(=O)NCC(C)N2CCN(c3ccccc3)CC2)CCNCC1.Cl.Cl.Cl. The Balaban J connectivity index is 0.00000261. The summed E-state index contributed by atoms with van der Waals surface area (Å²) in [6.07, 6.45) is 1.47. The number of nitrogens with zero attached hydrogens (tertiary/aromatic N) is 2. The summed E-state index contributed by atoms with van der Waals surface area (Å²) < 4.78 is 5.61. The Morgan fingerprint density at radius 2 is 1.69 bits per heavy atom. The lowest BCUT2D eigenvalue weighted by molar-refractivity contribution is -0.146. The number of benzene rings is 1. The molecule has 0 radical (unpaired) electrons. The molecule has 6 nitrogen and oxygen atoms in total. The average molecular weight is 470 g/mol. The Bertz CT molecular complexity index is 580. The Kier molecular flexibility index (Phi) is 13.2. The molecule has 0 bridgehead atoms. The molecule has 0 aromatic heterocycles. The second-order valence-electron chi connectivity index (χ2n) is 7.37. The summed E-state index contributed by atoms with van der Waals surface area (Å²) in [7, 11) is 1.65. The van der Waals surface area contributed by atoms with Gasteiger partial charge < -0.3 is 20.3 Å². The Hall–Kier alpha value is -0.760. The minimum atomic E-state index is -0.656. The molecule has 1 atom stereocenters. The number of methoxy groups -OCH3 is 1. The fourth-order valence-corrected chi connectivity index (χ4v) is 3.94. The molecule has 0 saturated carbocycles. The van der Waals surface area contributed by atoms with Gasteiger partial charge in [-0.25, -0.2) is 0 Å². The van der Waals surface area contributed by atoms with Crippen LogP contribution in [0.15, 0.2) is 30.3 Å². The molecule has 1 aromatic carbocycles. The van der Waals surface area contributed by atoms with Gasteiger partial charge in [-0.3, -0.25) is 9.69 Å². The quantitative estimate of drug-likeness (QED) is 0.670. The number of amides is 1. The summed E-state index contributed by atoms with van der Waals surface area (Å²) in [6, 6.07) is 10.9. The first-order chi connectivity index (χ1) is 12.6. The van der Waals surface area contributed by atoms with Gasteiger partial charge in [-0.1, -0.05) is 18.2 Å². The van der Waals surface area contributed by atoms with Crippen LogP contribution in [-0.4, -0.2) is 75.4 Å². The lowest BCUT2D eigenvalue weighted by atomic mass is 9.91. The maximum atomic E-state index is 12.7. The van der Waals surface area contributed by atoms with Crippen molar-refractivity contribution in [1.29, 1.82) is 0 Å². The number of anilines is 1. The lowest BCUT2D eigenvalue weighted by Crippen LogP contribution is -2.57. The monoisotopic (exact) mass is 468 g/mol. The standard InChI is InChI=1S/C20H32N4O2.3ClH/c1-17(16-22-19(25)20(26-2)8-10-21-11-9-20)23-12-14-24(15-13-23)18-6-4-3-5-7-18;;;/h3-7,17,21H,8-16H2,1-2H3,(H,22,25);3*1H. The van der Waals surface area contributed by atoms with E-state index in [2.05, 4.69) is 57.7 Å². The van der Waals surface area contributed by atoms with Crippen molar-refractivity contribution in [3.05, 3.63) is 30.3 Å². The first-order valence-electron chi connectivity index (χ1n) is 9.73. The van der Waals surface area contributed by atoms with Crippen molar-refractivity contribution in [3.8, 4) is 0 Å². The van der Waals surface area contributed by atoms with Crippen LogP contribution in [0.25, 0.3) is 0 Å². The predicted molar refractivity (Wildman–Crippen MR) is 126 cm³/mol. The van der Waals surface area contributed by atoms with E-state index in [9.17, 15) is 4.79 Å². The number of piperidine rings is 1. The van der Waals surface area contributed by atoms with Crippen molar-refractivity contribution < 1.29 is 9.53 Å². The van der Waals surface area contributed by atoms with Crippen molar-refractivity contribution in [3.63, 3.8) is 0 Å². The zero-order valence-corrected chi connectivity index (χ0v) is 19.7. The highest BCUT2D eigenvalue weighted by molar-refractivity contribution is 5.86. The van der Waals surface area contributed by atoms with Gasteiger partial charge >= 0.3 is 0 Å². The molecule has 2 aliphatic rings. The molecule has 9 heteroatoms. The van der Waals surface area contributed by atoms with E-state index in [1.807, 2.05) is 0 Å². The largest absolute Gasteiger partial charge is 0.369 e. The van der Waals surface area contributed by atoms with Crippen LogP contribution in [0, 0.1) is 0 Å². The molecule has 1 aromatic rings. The second kappa shape index (κ2) is 13.5. The number of nitrogens with one attached hydrogen (secondary N) is 2. The fraction of sp³-hybridized carbons (Fsp3) is 0.650. The number of rotatable bonds is 6. The Morgan fingerprint density at radius 1 is 1.10 bits per heavy atom. The van der Waals surface area contributed by atoms with E-state index in [-0.39, 0.29) is 43.1 Å². The molecular formula is C20H35Cl3N4O2. The van der Waals surface area contributed by atoms with Gasteiger partial charge in [0.15, 0.2) is 0 Å². The highest BCUT2D eigenvalue weighted by Crippen LogP contribution is 2.22. The summed E-state index contributed by atoms with van der Waals surface area (Å²) in [5.74, 6) is 0.0382. The highest BCUT2D eigenvalue weighted by Gasteiger charge is 2.39. The molecule has 2 fully saturated rings. The van der Waals surface area contributed by atoms with Crippen LogP contribution in [0.2, 0.25) is 0 Å². The molecule has 1 unspecified atom stereocenters. The van der Waals surface area contributed by atoms with Gasteiger partial charge in [0, 0.05) is 51.6 Å². The molecule has 2 N–H and O–H groups in total. The van der Waals surface area contributed by atoms with Gasteiger partial charge in [0.1, 0.15) is 5.60 Å². The van der Waals surface area contributed by atoms with Crippen molar-refractivity contribution >= 4 is 48.8 Å². The van der Waals surface area contributed by atoms with Gasteiger partial charge in [0.2, 0.25) is 0 Å². The van der Waals surface area contributed by atoms with Gasteiger partial charge in [-0.2, -0.15) is 0 Å². The first kappa shape index (κ1) is 28.2. The van der Waals surface area contributed by atoms with E-state index < -0.39 is 5.60 Å². The molecule has 3 rings (SSSR count). The van der Waals surface area contributed by atoms with E-state index in [0.717, 1.165) is 52.1 Å². The smallest absolute Gasteiger partial charge is 0.252 e. The van der Waals surface area contributed by atoms with Crippen LogP contribution in [0.3, 0.4) is 0 Å². The van der Waals surface area contributed by atoms with Gasteiger partial charge in [-0.05, 0) is 45.0 Å². The molecule has 168 valence electrons. The number of halogens is 3. The first-order valence-corrected chi connectivity index (χ1v) is 9.73. The summed E-state index contributed by atoms with van der Waals surface area (Å²) in [5, 5.41) is 6.43. The number of carbonyl (C=O) groups is 1. The van der Waals surface area contributed by atoms with Crippen LogP contribution in [0.1, 0.15) is 19.8 Å². The van der Waals surface area contributed by atoms with Crippen LogP contribution >= 0.6 is 37.2 Å². The molecule has 2 aliphatic heterocycles. The van der Waals surface area contributed by atoms with Gasteiger partial charge in [0.05, 0.1) is 0 Å². The second-order valence-corrected chi connectivity index (χ2v) is 7.37. The maximum absolute atomic E-state index is 12.7. The Morgan fingerprint density at radius 3 is 2.24 bits per heavy atom. The summed E-state index contributed by atoms with van der Waals surface area (Å²) in [6.45, 7) is 8.61. The average Bonchev–Trinajstić information content (AvgIpc) is 2.73. The van der Waals surface area contributed by atoms with E-state index in [1.165, 1.54) is 5.69 Å². The predicted octanol–water partition coefficient (Wildman–Crippen LogP) is 2.35. The molecule has 29 heavy (non-hydrogen) atoms. The lowest BCUT2D eigenvalue weighted by Gasteiger charge is -2.40. The Labute approximate surface area is 193 Å². The minimum Gasteiger partial charge on any atom is -0.369 e. The van der Waals surface area contributed by atoms with E-state index >= 15 is 0 Å². The zero-order chi connectivity index (χ0) is 18.4. The number of carbonyl (C=O) groups excluding carboxylic acids is 1. The third-order valence-electron chi connectivity index (χ3n) is 5.83. The third kappa shape index (κ3) is 7.16. The number of hydrogen-bond donors (Lipinski definition) is 2. The number of piperazine rings is 1. The zero-order valence-electron chi connectivity index (χ0n) is 17.3. The molecule has 0 spiro atoms. The van der Waals surface area contributed by atoms with Crippen molar-refractivity contribution in [2.24, 2.45) is 0 Å². The van der Waals surface area contributed by atoms with E-state index in [0.29, 0.717) is 12.6 Å². The minimum absolute atomic E-state index is 0. The third-order valence-corrected chi connectivity index (χ3v) is 5.83. The fourth-order valence-electron chi connectivity index (χ4n) is 3.94. The number of hydrogen-bond acceptors (Lipinski definition) is 5. The van der Waals surface area contributed by atoms with Crippen molar-refractivity contribution in [1.82, 2.24) is 15.5 Å². The van der Waals surface area contributed by atoms with Gasteiger partial charge in [-0.15, -0.1) is 37.2 Å².